The molecule has 5 nitrogen and oxygen atoms in total. The lowest BCUT2D eigenvalue weighted by Gasteiger charge is -2.23. The van der Waals surface area contributed by atoms with Crippen molar-refractivity contribution in [1.29, 1.82) is 0 Å². The Balaban J connectivity index is 2.25. The molecule has 74 valence electrons. The Bertz CT molecular complexity index is 190. The van der Waals surface area contributed by atoms with Gasteiger partial charge in [0.1, 0.15) is 0 Å². The minimum atomic E-state index is -0.451. The van der Waals surface area contributed by atoms with Crippen molar-refractivity contribution in [2.75, 3.05) is 32.7 Å². The number of cyclic esters (lactones) is 2. The Morgan fingerprint density at radius 3 is 2.54 bits per heavy atom. The summed E-state index contributed by atoms with van der Waals surface area (Å²) in [5, 5.41) is 3.12. The van der Waals surface area contributed by atoms with Crippen LogP contribution in [0.3, 0.4) is 0 Å². The van der Waals surface area contributed by atoms with Gasteiger partial charge in [0.15, 0.2) is 0 Å². The summed E-state index contributed by atoms with van der Waals surface area (Å²) in [6.45, 7) is 4.84. The van der Waals surface area contributed by atoms with Gasteiger partial charge in [0.2, 0.25) is 0 Å². The molecule has 0 saturated carbocycles. The van der Waals surface area contributed by atoms with Gasteiger partial charge in [-0.25, -0.2) is 0 Å². The number of nitrogens with one attached hydrogen (secondary N) is 1. The maximum Gasteiger partial charge on any atom is 0.327 e. The van der Waals surface area contributed by atoms with Crippen molar-refractivity contribution in [3.63, 3.8) is 0 Å². The fraction of sp³-hybridized carbons (Fsp3) is 0.750. The Kier molecular flexibility index (Phi) is 3.85. The van der Waals surface area contributed by atoms with Crippen LogP contribution in [0.5, 0.6) is 0 Å². The lowest BCUT2D eigenvalue weighted by atomic mass is 10.4. The maximum atomic E-state index is 10.8. The van der Waals surface area contributed by atoms with Gasteiger partial charge in [-0.05, 0) is 6.54 Å². The molecule has 1 fully saturated rings. The van der Waals surface area contributed by atoms with Gasteiger partial charge in [-0.3, -0.25) is 14.5 Å². The van der Waals surface area contributed by atoms with E-state index in [0.29, 0.717) is 6.54 Å². The van der Waals surface area contributed by atoms with Crippen LogP contribution in [0.4, 0.5) is 0 Å². The molecule has 1 aliphatic rings. The average molecular weight is 186 g/mol. The fourth-order valence-electron chi connectivity index (χ4n) is 1.18. The van der Waals surface area contributed by atoms with Gasteiger partial charge in [-0.15, -0.1) is 0 Å². The normalized spacial score (nSPS) is 18.8. The lowest BCUT2D eigenvalue weighted by molar-refractivity contribution is -0.166. The summed E-state index contributed by atoms with van der Waals surface area (Å²) < 4.78 is 4.38. The highest BCUT2D eigenvalue weighted by atomic mass is 16.6. The summed E-state index contributed by atoms with van der Waals surface area (Å²) >= 11 is 0. The number of hydrogen-bond donors (Lipinski definition) is 1. The second-order valence-electron chi connectivity index (χ2n) is 2.91. The van der Waals surface area contributed by atoms with Crippen molar-refractivity contribution in [1.82, 2.24) is 10.2 Å². The molecule has 1 saturated heterocycles. The second-order valence-corrected chi connectivity index (χ2v) is 2.91. The number of nitrogens with zero attached hydrogens (tertiary/aromatic N) is 1. The molecule has 1 heterocycles. The van der Waals surface area contributed by atoms with E-state index in [4.69, 9.17) is 0 Å². The van der Waals surface area contributed by atoms with Crippen LogP contribution in [-0.4, -0.2) is 49.6 Å². The number of ether oxygens (including phenoxy) is 1. The van der Waals surface area contributed by atoms with E-state index in [2.05, 4.69) is 10.1 Å². The smallest absolute Gasteiger partial charge is 0.327 e. The molecular weight excluding hydrogens is 172 g/mol. The van der Waals surface area contributed by atoms with Crippen molar-refractivity contribution < 1.29 is 14.3 Å². The van der Waals surface area contributed by atoms with E-state index in [0.717, 1.165) is 13.1 Å². The van der Waals surface area contributed by atoms with Gasteiger partial charge < -0.3 is 10.1 Å². The minimum Gasteiger partial charge on any atom is -0.391 e. The van der Waals surface area contributed by atoms with E-state index in [9.17, 15) is 9.59 Å². The van der Waals surface area contributed by atoms with E-state index in [1.165, 1.54) is 0 Å². The van der Waals surface area contributed by atoms with E-state index in [-0.39, 0.29) is 13.1 Å². The molecule has 0 aromatic carbocycles. The summed E-state index contributed by atoms with van der Waals surface area (Å²) in [5.74, 6) is -0.902. The standard InChI is InChI=1S/C8H14N2O3/c1-2-9-3-4-10-5-7(11)13-8(12)6-10/h9H,2-6H2,1H3. The number of carbonyl (C=O) groups is 2. The number of likely N-dealkylation sites (N-methyl/N-ethyl adjacent to an activating group) is 1. The van der Waals surface area contributed by atoms with Crippen LogP contribution < -0.4 is 5.32 Å². The van der Waals surface area contributed by atoms with E-state index in [1.807, 2.05) is 6.92 Å². The largest absolute Gasteiger partial charge is 0.391 e. The molecular formula is C8H14N2O3. The first-order valence-corrected chi connectivity index (χ1v) is 4.39. The molecule has 0 atom stereocenters. The van der Waals surface area contributed by atoms with Gasteiger partial charge in [-0.2, -0.15) is 0 Å². The number of rotatable bonds is 4. The van der Waals surface area contributed by atoms with Crippen molar-refractivity contribution in [2.24, 2.45) is 0 Å². The molecule has 0 aromatic rings. The number of carbonyl (C=O) groups excluding carboxylic acids is 2. The Labute approximate surface area is 77.0 Å². The molecule has 1 aliphatic heterocycles. The molecule has 1 N–H and O–H groups in total. The van der Waals surface area contributed by atoms with Crippen LogP contribution >= 0.6 is 0 Å². The zero-order valence-electron chi connectivity index (χ0n) is 7.71. The lowest BCUT2D eigenvalue weighted by Crippen LogP contribution is -2.45. The predicted octanol–water partition coefficient (Wildman–Crippen LogP) is -1.02. The van der Waals surface area contributed by atoms with Crippen LogP contribution in [0, 0.1) is 0 Å². The zero-order valence-corrected chi connectivity index (χ0v) is 7.71. The second kappa shape index (κ2) is 4.94. The summed E-state index contributed by atoms with van der Waals surface area (Å²) in [5.41, 5.74) is 0. The molecule has 13 heavy (non-hydrogen) atoms. The highest BCUT2D eigenvalue weighted by Gasteiger charge is 2.23. The van der Waals surface area contributed by atoms with Crippen LogP contribution in [0.15, 0.2) is 0 Å². The molecule has 0 bridgehead atoms. The van der Waals surface area contributed by atoms with Gasteiger partial charge in [-0.1, -0.05) is 6.92 Å². The third-order valence-electron chi connectivity index (χ3n) is 1.79. The molecule has 0 aliphatic carbocycles. The van der Waals surface area contributed by atoms with Crippen molar-refractivity contribution in [3.05, 3.63) is 0 Å². The third-order valence-corrected chi connectivity index (χ3v) is 1.79. The third kappa shape index (κ3) is 3.52. The maximum absolute atomic E-state index is 10.8. The Morgan fingerprint density at radius 2 is 2.00 bits per heavy atom. The van der Waals surface area contributed by atoms with Gasteiger partial charge in [0.05, 0.1) is 13.1 Å². The summed E-state index contributed by atoms with van der Waals surface area (Å²) in [4.78, 5) is 23.4. The molecule has 0 radical (unpaired) electrons. The van der Waals surface area contributed by atoms with Gasteiger partial charge in [0.25, 0.3) is 0 Å². The molecule has 0 aromatic heterocycles. The fourth-order valence-corrected chi connectivity index (χ4v) is 1.18. The molecule has 1 rings (SSSR count). The van der Waals surface area contributed by atoms with Crippen LogP contribution in [0.1, 0.15) is 6.92 Å². The van der Waals surface area contributed by atoms with Crippen molar-refractivity contribution >= 4 is 11.9 Å². The monoisotopic (exact) mass is 186 g/mol. The van der Waals surface area contributed by atoms with E-state index < -0.39 is 11.9 Å². The molecule has 0 unspecified atom stereocenters. The number of hydrogen-bond acceptors (Lipinski definition) is 5. The highest BCUT2D eigenvalue weighted by Crippen LogP contribution is 1.98. The number of esters is 2. The number of morpholine rings is 1. The highest BCUT2D eigenvalue weighted by molar-refractivity contribution is 5.90. The minimum absolute atomic E-state index is 0.219. The summed E-state index contributed by atoms with van der Waals surface area (Å²) in [7, 11) is 0. The first-order valence-electron chi connectivity index (χ1n) is 4.39. The van der Waals surface area contributed by atoms with Crippen LogP contribution in [0.2, 0.25) is 0 Å². The SMILES string of the molecule is CCNCCN1CC(=O)OC(=O)C1. The topological polar surface area (TPSA) is 58.6 Å². The first-order chi connectivity index (χ1) is 6.22. The van der Waals surface area contributed by atoms with Crippen molar-refractivity contribution in [3.8, 4) is 0 Å². The summed E-state index contributed by atoms with van der Waals surface area (Å²) in [6, 6.07) is 0. The van der Waals surface area contributed by atoms with E-state index in [1.54, 1.807) is 4.90 Å². The molecule has 0 spiro atoms. The Morgan fingerprint density at radius 1 is 1.38 bits per heavy atom. The molecule has 5 heteroatoms. The average Bonchev–Trinajstić information content (AvgIpc) is 2.03. The predicted molar refractivity (Wildman–Crippen MR) is 46.1 cm³/mol. The van der Waals surface area contributed by atoms with Gasteiger partial charge in [0, 0.05) is 13.1 Å². The van der Waals surface area contributed by atoms with Crippen LogP contribution in [-0.2, 0) is 14.3 Å². The zero-order chi connectivity index (χ0) is 9.68. The Hall–Kier alpha value is -0.940. The quantitative estimate of drug-likeness (QED) is 0.346. The molecule has 0 amide bonds. The van der Waals surface area contributed by atoms with Crippen molar-refractivity contribution in [2.45, 2.75) is 6.92 Å². The van der Waals surface area contributed by atoms with E-state index >= 15 is 0 Å². The van der Waals surface area contributed by atoms with Crippen LogP contribution in [0.25, 0.3) is 0 Å². The summed E-state index contributed by atoms with van der Waals surface area (Å²) in [6.07, 6.45) is 0. The van der Waals surface area contributed by atoms with Gasteiger partial charge >= 0.3 is 11.9 Å². The first kappa shape index (κ1) is 10.1.